The summed E-state index contributed by atoms with van der Waals surface area (Å²) >= 11 is 0. The van der Waals surface area contributed by atoms with Crippen LogP contribution >= 0.6 is 0 Å². The first-order valence-electron chi connectivity index (χ1n) is 12.0. The molecule has 3 aromatic carbocycles. The summed E-state index contributed by atoms with van der Waals surface area (Å²) in [5, 5.41) is 12.2. The summed E-state index contributed by atoms with van der Waals surface area (Å²) in [7, 11) is 0. The van der Waals surface area contributed by atoms with Crippen LogP contribution < -0.4 is 9.64 Å². The lowest BCUT2D eigenvalue weighted by atomic mass is 9.94. The number of aliphatic hydroxyl groups excluding tert-OH is 1. The molecule has 2 heterocycles. The normalized spacial score (nSPS) is 17.3. The third kappa shape index (κ3) is 4.15. The number of anilines is 1. The topological polar surface area (TPSA) is 82.6 Å². The van der Waals surface area contributed by atoms with E-state index in [1.54, 1.807) is 30.5 Å². The van der Waals surface area contributed by atoms with Crippen LogP contribution in [0.1, 0.15) is 36.6 Å². The molecule has 0 aliphatic carbocycles. The molecule has 1 unspecified atom stereocenters. The van der Waals surface area contributed by atoms with Crippen molar-refractivity contribution in [2.75, 3.05) is 11.5 Å². The molecule has 1 aromatic heterocycles. The molecular formula is C30H28N2O4. The minimum Gasteiger partial charge on any atom is -0.507 e. The zero-order chi connectivity index (χ0) is 25.4. The van der Waals surface area contributed by atoms with Gasteiger partial charge in [-0.15, -0.1) is 0 Å². The number of para-hydroxylation sites is 1. The highest BCUT2D eigenvalue weighted by atomic mass is 16.5. The van der Waals surface area contributed by atoms with Crippen LogP contribution in [0, 0.1) is 12.8 Å². The van der Waals surface area contributed by atoms with Crippen molar-refractivity contribution in [1.29, 1.82) is 0 Å². The zero-order valence-corrected chi connectivity index (χ0v) is 20.5. The van der Waals surface area contributed by atoms with Gasteiger partial charge in [0.25, 0.3) is 11.7 Å². The first-order chi connectivity index (χ1) is 17.3. The monoisotopic (exact) mass is 480 g/mol. The van der Waals surface area contributed by atoms with Crippen molar-refractivity contribution in [3.63, 3.8) is 0 Å². The van der Waals surface area contributed by atoms with E-state index in [1.165, 1.54) is 4.90 Å². The summed E-state index contributed by atoms with van der Waals surface area (Å²) in [6.07, 6.45) is 1.67. The van der Waals surface area contributed by atoms with Crippen LogP contribution in [0.5, 0.6) is 5.75 Å². The van der Waals surface area contributed by atoms with E-state index in [2.05, 4.69) is 18.8 Å². The van der Waals surface area contributed by atoms with Gasteiger partial charge in [0, 0.05) is 28.4 Å². The summed E-state index contributed by atoms with van der Waals surface area (Å²) in [6, 6.07) is 21.5. The smallest absolute Gasteiger partial charge is 0.300 e. The Morgan fingerprint density at radius 3 is 2.50 bits per heavy atom. The van der Waals surface area contributed by atoms with Gasteiger partial charge in [-0.2, -0.15) is 0 Å². The summed E-state index contributed by atoms with van der Waals surface area (Å²) in [4.78, 5) is 31.4. The largest absolute Gasteiger partial charge is 0.507 e. The molecule has 1 saturated heterocycles. The average molecular weight is 481 g/mol. The number of ketones is 1. The van der Waals surface area contributed by atoms with Crippen LogP contribution in [0.2, 0.25) is 0 Å². The Morgan fingerprint density at radius 2 is 1.78 bits per heavy atom. The first kappa shape index (κ1) is 23.4. The maximum atomic E-state index is 13.4. The van der Waals surface area contributed by atoms with Crippen LogP contribution in [0.4, 0.5) is 5.69 Å². The second-order valence-corrected chi connectivity index (χ2v) is 9.53. The van der Waals surface area contributed by atoms with Gasteiger partial charge in [-0.1, -0.05) is 61.9 Å². The summed E-state index contributed by atoms with van der Waals surface area (Å²) in [5.74, 6) is -0.525. The third-order valence-corrected chi connectivity index (χ3v) is 6.34. The Morgan fingerprint density at radius 1 is 1.03 bits per heavy atom. The molecule has 2 N–H and O–H groups in total. The van der Waals surface area contributed by atoms with Crippen molar-refractivity contribution in [3.8, 4) is 5.75 Å². The first-order valence-corrected chi connectivity index (χ1v) is 12.0. The standard InChI is InChI=1S/C30H28N2O4/c1-18(2)17-36-22-13-11-21(12-14-22)32-27(20-8-6-7-19(3)15-20)26(29(34)30(32)35)28(33)24-16-31-25-10-5-4-9-23(24)25/h4-16,18,27,31,33H,17H2,1-3H3/b28-26-. The number of fused-ring (bicyclic) bond motifs is 1. The predicted molar refractivity (Wildman–Crippen MR) is 141 cm³/mol. The van der Waals surface area contributed by atoms with Crippen molar-refractivity contribution < 1.29 is 19.4 Å². The Balaban J connectivity index is 1.65. The van der Waals surface area contributed by atoms with Gasteiger partial charge in [0.1, 0.15) is 11.5 Å². The van der Waals surface area contributed by atoms with E-state index < -0.39 is 17.7 Å². The van der Waals surface area contributed by atoms with E-state index >= 15 is 0 Å². The number of nitrogens with zero attached hydrogens (tertiary/aromatic N) is 1. The number of Topliss-reactive ketones (excluding diaryl/α,β-unsaturated/α-hetero) is 1. The number of carbonyl (C=O) groups excluding carboxylic acids is 2. The van der Waals surface area contributed by atoms with E-state index in [-0.39, 0.29) is 11.3 Å². The minimum absolute atomic E-state index is 0.0653. The molecule has 1 fully saturated rings. The lowest BCUT2D eigenvalue weighted by Gasteiger charge is -2.26. The Bertz CT molecular complexity index is 1480. The number of amides is 1. The maximum Gasteiger partial charge on any atom is 0.300 e. The zero-order valence-electron chi connectivity index (χ0n) is 20.5. The summed E-state index contributed by atoms with van der Waals surface area (Å²) < 4.78 is 5.79. The molecule has 36 heavy (non-hydrogen) atoms. The van der Waals surface area contributed by atoms with Crippen LogP contribution in [-0.4, -0.2) is 28.4 Å². The number of hydrogen-bond donors (Lipinski definition) is 2. The summed E-state index contributed by atoms with van der Waals surface area (Å²) in [5.41, 5.74) is 3.67. The lowest BCUT2D eigenvalue weighted by Crippen LogP contribution is -2.29. The van der Waals surface area contributed by atoms with Crippen LogP contribution in [0.15, 0.2) is 84.6 Å². The highest BCUT2D eigenvalue weighted by Crippen LogP contribution is 2.43. The van der Waals surface area contributed by atoms with Gasteiger partial charge in [-0.25, -0.2) is 0 Å². The molecule has 0 saturated carbocycles. The number of ether oxygens (including phenoxy) is 1. The number of rotatable bonds is 6. The van der Waals surface area contributed by atoms with Gasteiger partial charge in [0.2, 0.25) is 0 Å². The number of aliphatic hydroxyl groups is 1. The number of nitrogens with one attached hydrogen (secondary N) is 1. The molecule has 0 spiro atoms. The Hall–Kier alpha value is -4.32. The van der Waals surface area contributed by atoms with E-state index in [4.69, 9.17) is 4.74 Å². The van der Waals surface area contributed by atoms with Gasteiger partial charge in [0.15, 0.2) is 0 Å². The van der Waals surface area contributed by atoms with Gasteiger partial charge < -0.3 is 14.8 Å². The number of aryl methyl sites for hydroxylation is 1. The number of aromatic nitrogens is 1. The maximum absolute atomic E-state index is 13.4. The van der Waals surface area contributed by atoms with Crippen LogP contribution in [0.25, 0.3) is 16.7 Å². The highest BCUT2D eigenvalue weighted by Gasteiger charge is 2.47. The van der Waals surface area contributed by atoms with E-state index in [1.807, 2.05) is 55.5 Å². The number of carbonyl (C=O) groups is 2. The number of H-pyrrole nitrogens is 1. The molecule has 1 aliphatic rings. The molecule has 0 bridgehead atoms. The molecule has 1 aliphatic heterocycles. The number of hydrogen-bond acceptors (Lipinski definition) is 4. The molecule has 5 rings (SSSR count). The lowest BCUT2D eigenvalue weighted by molar-refractivity contribution is -0.132. The Kier molecular flexibility index (Phi) is 6.10. The SMILES string of the molecule is Cc1cccc(C2/C(=C(/O)c3c[nH]c4ccccc34)C(=O)C(=O)N2c2ccc(OCC(C)C)cc2)c1. The van der Waals surface area contributed by atoms with Crippen LogP contribution in [-0.2, 0) is 9.59 Å². The van der Waals surface area contributed by atoms with Crippen molar-refractivity contribution in [3.05, 3.63) is 101 Å². The van der Waals surface area contributed by atoms with E-state index in [0.717, 1.165) is 22.0 Å². The minimum atomic E-state index is -0.777. The second kappa shape index (κ2) is 9.38. The fourth-order valence-corrected chi connectivity index (χ4v) is 4.63. The van der Waals surface area contributed by atoms with E-state index in [0.29, 0.717) is 29.5 Å². The van der Waals surface area contributed by atoms with Crippen molar-refractivity contribution in [1.82, 2.24) is 4.98 Å². The number of benzene rings is 3. The molecule has 182 valence electrons. The van der Waals surface area contributed by atoms with Crippen LogP contribution in [0.3, 0.4) is 0 Å². The van der Waals surface area contributed by atoms with Crippen molar-refractivity contribution >= 4 is 34.0 Å². The molecule has 4 aromatic rings. The molecular weight excluding hydrogens is 452 g/mol. The van der Waals surface area contributed by atoms with Gasteiger partial charge in [-0.3, -0.25) is 14.5 Å². The van der Waals surface area contributed by atoms with Gasteiger partial charge >= 0.3 is 0 Å². The van der Waals surface area contributed by atoms with E-state index in [9.17, 15) is 14.7 Å². The quantitative estimate of drug-likeness (QED) is 0.197. The average Bonchev–Trinajstić information content (AvgIpc) is 3.42. The third-order valence-electron chi connectivity index (χ3n) is 6.34. The Labute approximate surface area is 209 Å². The molecule has 1 atom stereocenters. The molecule has 6 nitrogen and oxygen atoms in total. The predicted octanol–water partition coefficient (Wildman–Crippen LogP) is 6.14. The van der Waals surface area contributed by atoms with Gasteiger partial charge in [-0.05, 0) is 48.7 Å². The number of aromatic amines is 1. The van der Waals surface area contributed by atoms with Crippen molar-refractivity contribution in [2.24, 2.45) is 5.92 Å². The fourth-order valence-electron chi connectivity index (χ4n) is 4.63. The second-order valence-electron chi connectivity index (χ2n) is 9.53. The van der Waals surface area contributed by atoms with Crippen molar-refractivity contribution in [2.45, 2.75) is 26.8 Å². The molecule has 6 heteroatoms. The highest BCUT2D eigenvalue weighted by molar-refractivity contribution is 6.51. The molecule has 1 amide bonds. The fraction of sp³-hybridized carbons (Fsp3) is 0.200. The summed E-state index contributed by atoms with van der Waals surface area (Å²) in [6.45, 7) is 6.68. The van der Waals surface area contributed by atoms with Gasteiger partial charge in [0.05, 0.1) is 18.2 Å². The molecule has 0 radical (unpaired) electrons.